The average Bonchev–Trinajstić information content (AvgIpc) is 1.68. The predicted molar refractivity (Wildman–Crippen MR) is 37.7 cm³/mol. The Morgan fingerprint density at radius 1 is 1.75 bits per heavy atom. The van der Waals surface area contributed by atoms with Crippen LogP contribution in [0.1, 0.15) is 26.7 Å². The van der Waals surface area contributed by atoms with Crippen molar-refractivity contribution in [3.05, 3.63) is 12.8 Å². The second kappa shape index (κ2) is 4.69. The SMILES string of the molecule is C=CN[C@H](C)CCC. The summed E-state index contributed by atoms with van der Waals surface area (Å²) in [6.45, 7) is 7.91. The van der Waals surface area contributed by atoms with Crippen molar-refractivity contribution in [2.75, 3.05) is 0 Å². The van der Waals surface area contributed by atoms with Gasteiger partial charge in [0.1, 0.15) is 0 Å². The molecule has 0 fully saturated rings. The maximum absolute atomic E-state index is 3.57. The number of hydrogen-bond donors (Lipinski definition) is 1. The molecule has 0 amide bonds. The van der Waals surface area contributed by atoms with E-state index in [1.807, 2.05) is 0 Å². The van der Waals surface area contributed by atoms with Crippen LogP contribution in [0.4, 0.5) is 0 Å². The monoisotopic (exact) mass is 113 g/mol. The molecule has 0 aliphatic heterocycles. The first kappa shape index (κ1) is 7.54. The van der Waals surface area contributed by atoms with Gasteiger partial charge < -0.3 is 5.32 Å². The summed E-state index contributed by atoms with van der Waals surface area (Å²) >= 11 is 0. The van der Waals surface area contributed by atoms with Crippen LogP contribution in [0.2, 0.25) is 0 Å². The topological polar surface area (TPSA) is 12.0 Å². The third kappa shape index (κ3) is 3.72. The molecule has 1 N–H and O–H groups in total. The Balaban J connectivity index is 3.03. The van der Waals surface area contributed by atoms with E-state index in [4.69, 9.17) is 0 Å². The second-order valence-electron chi connectivity index (χ2n) is 2.06. The fourth-order valence-corrected chi connectivity index (χ4v) is 0.718. The van der Waals surface area contributed by atoms with Gasteiger partial charge in [-0.15, -0.1) is 0 Å². The second-order valence-corrected chi connectivity index (χ2v) is 2.06. The Morgan fingerprint density at radius 3 is 2.75 bits per heavy atom. The molecule has 0 spiro atoms. The molecular weight excluding hydrogens is 98.1 g/mol. The largest absolute Gasteiger partial charge is 0.389 e. The summed E-state index contributed by atoms with van der Waals surface area (Å²) in [5.41, 5.74) is 0. The lowest BCUT2D eigenvalue weighted by Gasteiger charge is -2.07. The zero-order valence-corrected chi connectivity index (χ0v) is 5.78. The molecule has 0 aromatic rings. The smallest absolute Gasteiger partial charge is 0.0227 e. The van der Waals surface area contributed by atoms with Crippen molar-refractivity contribution in [3.63, 3.8) is 0 Å². The van der Waals surface area contributed by atoms with Gasteiger partial charge >= 0.3 is 0 Å². The van der Waals surface area contributed by atoms with E-state index < -0.39 is 0 Å². The summed E-state index contributed by atoms with van der Waals surface area (Å²) < 4.78 is 0. The van der Waals surface area contributed by atoms with Crippen LogP contribution in [-0.4, -0.2) is 6.04 Å². The predicted octanol–water partition coefficient (Wildman–Crippen LogP) is 1.91. The molecule has 0 radical (unpaired) electrons. The molecule has 0 bridgehead atoms. The van der Waals surface area contributed by atoms with E-state index in [2.05, 4.69) is 25.7 Å². The van der Waals surface area contributed by atoms with Crippen molar-refractivity contribution in [2.24, 2.45) is 0 Å². The highest BCUT2D eigenvalue weighted by molar-refractivity contribution is 4.68. The minimum absolute atomic E-state index is 0.595. The first-order valence-electron chi connectivity index (χ1n) is 3.18. The minimum Gasteiger partial charge on any atom is -0.389 e. The van der Waals surface area contributed by atoms with Crippen molar-refractivity contribution in [3.8, 4) is 0 Å². The molecule has 1 heteroatoms. The van der Waals surface area contributed by atoms with Gasteiger partial charge in [-0.2, -0.15) is 0 Å². The van der Waals surface area contributed by atoms with Gasteiger partial charge in [0.15, 0.2) is 0 Å². The summed E-state index contributed by atoms with van der Waals surface area (Å²) in [7, 11) is 0. The van der Waals surface area contributed by atoms with E-state index in [9.17, 15) is 0 Å². The Bertz CT molecular complexity index is 59.4. The molecule has 48 valence electrons. The van der Waals surface area contributed by atoms with Gasteiger partial charge in [0.2, 0.25) is 0 Å². The molecule has 0 saturated heterocycles. The van der Waals surface area contributed by atoms with Crippen molar-refractivity contribution in [1.29, 1.82) is 0 Å². The van der Waals surface area contributed by atoms with Crippen LogP contribution in [0, 0.1) is 0 Å². The summed E-state index contributed by atoms with van der Waals surface area (Å²) in [5.74, 6) is 0. The molecular formula is C7H15N. The van der Waals surface area contributed by atoms with Crippen LogP contribution in [0.3, 0.4) is 0 Å². The number of nitrogens with one attached hydrogen (secondary N) is 1. The lowest BCUT2D eigenvalue weighted by Crippen LogP contribution is -2.18. The third-order valence-corrected chi connectivity index (χ3v) is 1.12. The van der Waals surface area contributed by atoms with E-state index >= 15 is 0 Å². The van der Waals surface area contributed by atoms with Crippen molar-refractivity contribution in [1.82, 2.24) is 5.32 Å². The Morgan fingerprint density at radius 2 is 2.38 bits per heavy atom. The maximum Gasteiger partial charge on any atom is 0.0227 e. The van der Waals surface area contributed by atoms with Crippen LogP contribution in [0.5, 0.6) is 0 Å². The van der Waals surface area contributed by atoms with Gasteiger partial charge in [-0.1, -0.05) is 19.9 Å². The van der Waals surface area contributed by atoms with E-state index in [0.29, 0.717) is 6.04 Å². The Labute approximate surface area is 51.8 Å². The molecule has 8 heavy (non-hydrogen) atoms. The van der Waals surface area contributed by atoms with Crippen molar-refractivity contribution in [2.45, 2.75) is 32.7 Å². The number of rotatable bonds is 4. The lowest BCUT2D eigenvalue weighted by molar-refractivity contribution is 0.579. The van der Waals surface area contributed by atoms with Crippen molar-refractivity contribution >= 4 is 0 Å². The summed E-state index contributed by atoms with van der Waals surface area (Å²) in [4.78, 5) is 0. The summed E-state index contributed by atoms with van der Waals surface area (Å²) in [6, 6.07) is 0.595. The quantitative estimate of drug-likeness (QED) is 0.587. The van der Waals surface area contributed by atoms with Gasteiger partial charge in [-0.05, 0) is 19.5 Å². The average molecular weight is 113 g/mol. The maximum atomic E-state index is 3.57. The van der Waals surface area contributed by atoms with Crippen LogP contribution >= 0.6 is 0 Å². The normalized spacial score (nSPS) is 12.8. The first-order valence-corrected chi connectivity index (χ1v) is 3.18. The lowest BCUT2D eigenvalue weighted by atomic mass is 10.2. The van der Waals surface area contributed by atoms with Gasteiger partial charge in [-0.25, -0.2) is 0 Å². The van der Waals surface area contributed by atoms with E-state index in [1.54, 1.807) is 6.20 Å². The van der Waals surface area contributed by atoms with Crippen LogP contribution in [0.25, 0.3) is 0 Å². The zero-order chi connectivity index (χ0) is 6.41. The first-order chi connectivity index (χ1) is 3.81. The molecule has 0 aromatic carbocycles. The standard InChI is InChI=1S/C7H15N/c1-4-6-7(3)8-5-2/h5,7-8H,2,4,6H2,1,3H3/t7-/m1/s1. The van der Waals surface area contributed by atoms with Gasteiger partial charge in [-0.3, -0.25) is 0 Å². The molecule has 0 aliphatic rings. The molecule has 0 aromatic heterocycles. The minimum atomic E-state index is 0.595. The molecule has 0 heterocycles. The zero-order valence-electron chi connectivity index (χ0n) is 5.78. The Kier molecular flexibility index (Phi) is 4.42. The molecule has 0 unspecified atom stereocenters. The highest BCUT2D eigenvalue weighted by Crippen LogP contribution is 1.92. The summed E-state index contributed by atoms with van der Waals surface area (Å²) in [6.07, 6.45) is 4.22. The third-order valence-electron chi connectivity index (χ3n) is 1.12. The van der Waals surface area contributed by atoms with E-state index in [0.717, 1.165) is 0 Å². The van der Waals surface area contributed by atoms with Crippen LogP contribution < -0.4 is 5.32 Å². The molecule has 1 atom stereocenters. The van der Waals surface area contributed by atoms with E-state index in [-0.39, 0.29) is 0 Å². The van der Waals surface area contributed by atoms with E-state index in [1.165, 1.54) is 12.8 Å². The molecule has 1 nitrogen and oxygen atoms in total. The fourth-order valence-electron chi connectivity index (χ4n) is 0.718. The van der Waals surface area contributed by atoms with Crippen molar-refractivity contribution < 1.29 is 0 Å². The van der Waals surface area contributed by atoms with Crippen LogP contribution in [0.15, 0.2) is 12.8 Å². The van der Waals surface area contributed by atoms with Gasteiger partial charge in [0, 0.05) is 6.04 Å². The highest BCUT2D eigenvalue weighted by Gasteiger charge is 1.92. The Hall–Kier alpha value is -0.460. The molecule has 0 saturated carbocycles. The molecule has 0 rings (SSSR count). The number of hydrogen-bond acceptors (Lipinski definition) is 1. The highest BCUT2D eigenvalue weighted by atomic mass is 14.9. The fraction of sp³-hybridized carbons (Fsp3) is 0.714. The van der Waals surface area contributed by atoms with Gasteiger partial charge in [0.05, 0.1) is 0 Å². The van der Waals surface area contributed by atoms with Crippen LogP contribution in [-0.2, 0) is 0 Å². The summed E-state index contributed by atoms with van der Waals surface area (Å²) in [5, 5.41) is 3.11. The molecule has 0 aliphatic carbocycles. The van der Waals surface area contributed by atoms with Gasteiger partial charge in [0.25, 0.3) is 0 Å².